The van der Waals surface area contributed by atoms with Crippen LogP contribution >= 0.6 is 47.0 Å². The van der Waals surface area contributed by atoms with Crippen LogP contribution in [0.5, 0.6) is 0 Å². The molecule has 1 aromatic carbocycles. The second-order valence-electron chi connectivity index (χ2n) is 20.0. The van der Waals surface area contributed by atoms with E-state index in [-0.39, 0.29) is 60.9 Å². The number of aromatic nitrogens is 4. The highest BCUT2D eigenvalue weighted by atomic mass is 32.2. The molecule has 2 aromatic heterocycles. The van der Waals surface area contributed by atoms with E-state index in [4.69, 9.17) is 19.5 Å². The standard InChI is InChI=1S/C42H59N12O23P3S3/c1-41(2,18-74-80(69,70)77-79(67,68)73-17-22-28(76-78(64,65)66)27(56)36(75-22)52-20-48-25-31(43)46-19-47-32(25)52)30(57)34(59)45-12-11-23(55)44-13-16-81-38(61)29-42(3,4)82-37-26(35(60)54(29)37)49-33(58)24(21-9-7-6-8-10-21)50-39(62)51-14-15-53(40(51)63)83(5,71)72/h6-10,19-20,22,24,26-30,36-37,56-57H,11-18H2,1-5H3,(H,44,55)(H,45,59)(H,49,58)(H,50,62)(H,67,68)(H,69,70)(H2,43,46,47)(H2,64,65,66)/t22?,24-,26-,27?,28?,29+,30?,36?,37-/m1/s1. The molecule has 0 bridgehead atoms. The molecule has 4 saturated heterocycles. The molecule has 35 nitrogen and oxygen atoms in total. The average molecular weight is 1290 g/mol. The topological polar surface area (TPSA) is 500 Å². The number of hydrogen-bond acceptors (Lipinski definition) is 25. The molecule has 0 saturated carbocycles. The van der Waals surface area contributed by atoms with E-state index in [0.29, 0.717) is 9.21 Å². The molecule has 7 rings (SSSR count). The number of aliphatic hydroxyl groups is 2. The first-order valence-electron chi connectivity index (χ1n) is 24.5. The van der Waals surface area contributed by atoms with Gasteiger partial charge in [-0.3, -0.25) is 42.1 Å². The monoisotopic (exact) mass is 1290 g/mol. The number of β-lactam (4-membered cyclic amide) rings is 1. The minimum atomic E-state index is -5.65. The fraction of sp³-hybridized carbons (Fsp3) is 0.571. The summed E-state index contributed by atoms with van der Waals surface area (Å²) in [6, 6.07) is 2.27. The van der Waals surface area contributed by atoms with E-state index in [1.165, 1.54) is 42.6 Å². The maximum atomic E-state index is 13.8. The predicted molar refractivity (Wildman–Crippen MR) is 286 cm³/mol. The summed E-state index contributed by atoms with van der Waals surface area (Å²) in [4.78, 5) is 146. The first-order valence-corrected chi connectivity index (χ1v) is 32.8. The number of anilines is 1. The van der Waals surface area contributed by atoms with Gasteiger partial charge in [-0.1, -0.05) is 55.9 Å². The van der Waals surface area contributed by atoms with Crippen LogP contribution in [0.2, 0.25) is 0 Å². The molecule has 4 aliphatic heterocycles. The lowest BCUT2D eigenvalue weighted by Gasteiger charge is -2.44. The number of phosphoric ester groups is 3. The number of nitrogens with one attached hydrogen (secondary N) is 4. The van der Waals surface area contributed by atoms with Gasteiger partial charge in [0.2, 0.25) is 38.8 Å². The maximum Gasteiger partial charge on any atom is 0.481 e. The van der Waals surface area contributed by atoms with Crippen LogP contribution in [0.1, 0.15) is 51.9 Å². The van der Waals surface area contributed by atoms with Crippen molar-refractivity contribution in [3.63, 3.8) is 0 Å². The summed E-state index contributed by atoms with van der Waals surface area (Å²) < 4.78 is 86.4. The number of fused-ring (bicyclic) bond motifs is 2. The zero-order valence-electron chi connectivity index (χ0n) is 44.3. The molecule has 41 heteroatoms. The molecule has 83 heavy (non-hydrogen) atoms. The summed E-state index contributed by atoms with van der Waals surface area (Å²) in [5, 5.41) is 30.6. The van der Waals surface area contributed by atoms with E-state index in [1.807, 2.05) is 0 Å². The Morgan fingerprint density at radius 1 is 0.976 bits per heavy atom. The number of amides is 8. The van der Waals surface area contributed by atoms with Gasteiger partial charge in [0.25, 0.3) is 0 Å². The number of imide groups is 1. The number of nitrogens with two attached hydrogens (primary N) is 1. The van der Waals surface area contributed by atoms with Gasteiger partial charge in [0.1, 0.15) is 59.8 Å². The number of benzene rings is 1. The Balaban J connectivity index is 0.817. The number of imidazole rings is 1. The third-order valence-corrected chi connectivity index (χ3v) is 19.7. The molecule has 11 atom stereocenters. The SMILES string of the molecule is CC(C)(COP(=O)(O)OP(=O)(O)OCC1OC(n2cnc3c(N)ncnc32)C(O)C1OP(=O)(O)O)C(O)C(=O)NCCC(=O)NCCSC(=O)[C@@H]1N2C(=O)[C@@H](NC(=O)[C@H](NC(=O)N3CCN(S(C)(=O)=O)C3=O)c3ccccc3)[C@H]2SC1(C)C. The molecule has 458 valence electrons. The van der Waals surface area contributed by atoms with Crippen molar-refractivity contribution < 1.29 is 108 Å². The number of carbonyl (C=O) groups is 7. The van der Waals surface area contributed by atoms with Gasteiger partial charge in [-0.2, -0.15) is 4.31 Å². The summed E-state index contributed by atoms with van der Waals surface area (Å²) in [5.41, 5.74) is 4.41. The summed E-state index contributed by atoms with van der Waals surface area (Å²) in [6.07, 6.45) is -6.58. The second kappa shape index (κ2) is 25.4. The number of phosphoric acid groups is 3. The highest BCUT2D eigenvalue weighted by Crippen LogP contribution is 2.61. The van der Waals surface area contributed by atoms with Crippen LogP contribution in [0.3, 0.4) is 0 Å². The van der Waals surface area contributed by atoms with Gasteiger partial charge < -0.3 is 66.4 Å². The predicted octanol–water partition coefficient (Wildman–Crippen LogP) is -1.64. The van der Waals surface area contributed by atoms with Gasteiger partial charge in [0.15, 0.2) is 17.7 Å². The van der Waals surface area contributed by atoms with Gasteiger partial charge in [-0.05, 0) is 19.4 Å². The number of sulfonamides is 1. The summed E-state index contributed by atoms with van der Waals surface area (Å²) in [6.45, 7) is 2.83. The Morgan fingerprint density at radius 2 is 1.65 bits per heavy atom. The largest absolute Gasteiger partial charge is 0.481 e. The summed E-state index contributed by atoms with van der Waals surface area (Å²) >= 11 is 2.09. The Bertz CT molecular complexity index is 3270. The Kier molecular flexibility index (Phi) is 20.0. The quantitative estimate of drug-likeness (QED) is 0.0257. The molecule has 0 spiro atoms. The van der Waals surface area contributed by atoms with Gasteiger partial charge in [-0.15, -0.1) is 11.8 Å². The number of ether oxygens (including phenoxy) is 1. The van der Waals surface area contributed by atoms with Gasteiger partial charge in [-0.25, -0.2) is 55.9 Å². The van der Waals surface area contributed by atoms with E-state index in [0.717, 1.165) is 35.2 Å². The maximum absolute atomic E-state index is 13.8. The minimum Gasteiger partial charge on any atom is -0.386 e. The number of thioether (sulfide) groups is 2. The van der Waals surface area contributed by atoms with Crippen molar-refractivity contribution in [2.45, 2.75) is 93.0 Å². The number of aliphatic hydroxyl groups excluding tert-OH is 2. The fourth-order valence-electron chi connectivity index (χ4n) is 8.88. The van der Waals surface area contributed by atoms with E-state index in [1.54, 1.807) is 32.0 Å². The van der Waals surface area contributed by atoms with E-state index in [2.05, 4.69) is 45.1 Å². The third-order valence-electron chi connectivity index (χ3n) is 13.0. The fourth-order valence-corrected chi connectivity index (χ4v) is 15.2. The first-order chi connectivity index (χ1) is 38.5. The number of nitrogen functional groups attached to an aromatic ring is 1. The lowest BCUT2D eigenvalue weighted by Crippen LogP contribution is -2.71. The molecule has 0 aliphatic carbocycles. The number of rotatable bonds is 25. The molecule has 3 aromatic rings. The van der Waals surface area contributed by atoms with Crippen molar-refractivity contribution in [2.24, 2.45) is 5.41 Å². The van der Waals surface area contributed by atoms with E-state index < -0.39 is 152 Å². The van der Waals surface area contributed by atoms with Gasteiger partial charge in [0, 0.05) is 35.4 Å². The first kappa shape index (κ1) is 65.3. The molecule has 0 radical (unpaired) electrons. The summed E-state index contributed by atoms with van der Waals surface area (Å²) in [5.74, 6) is -3.07. The highest BCUT2D eigenvalue weighted by molar-refractivity contribution is 8.14. The zero-order valence-corrected chi connectivity index (χ0v) is 49.4. The highest BCUT2D eigenvalue weighted by Gasteiger charge is 2.64. The molecule has 12 N–H and O–H groups in total. The van der Waals surface area contributed by atoms with Crippen molar-refractivity contribution in [1.82, 2.24) is 54.9 Å². The number of nitrogens with zero attached hydrogens (tertiary/aromatic N) is 7. The van der Waals surface area contributed by atoms with Crippen molar-refractivity contribution in [3.05, 3.63) is 48.5 Å². The number of hydrogen-bond donors (Lipinski definition) is 11. The van der Waals surface area contributed by atoms with Crippen LogP contribution in [0.25, 0.3) is 11.2 Å². The molecule has 4 fully saturated rings. The van der Waals surface area contributed by atoms with Crippen molar-refractivity contribution in [3.8, 4) is 0 Å². The van der Waals surface area contributed by atoms with Gasteiger partial charge >= 0.3 is 35.5 Å². The van der Waals surface area contributed by atoms with Crippen LogP contribution in [0, 0.1) is 5.41 Å². The molecule has 7 unspecified atom stereocenters. The molecule has 6 heterocycles. The van der Waals surface area contributed by atoms with Crippen LogP contribution < -0.4 is 27.0 Å². The van der Waals surface area contributed by atoms with Crippen molar-refractivity contribution in [1.29, 1.82) is 0 Å². The average Bonchev–Trinajstić information content (AvgIpc) is 1.75. The zero-order chi connectivity index (χ0) is 61.4. The number of carbonyl (C=O) groups excluding carboxylic acids is 7. The van der Waals surface area contributed by atoms with E-state index in [9.17, 15) is 85.5 Å². The third kappa shape index (κ3) is 15.4. The Labute approximate surface area is 479 Å². The second-order valence-corrected chi connectivity index (χ2v) is 29.1. The Hall–Kier alpha value is -5.24. The molecular formula is C42H59N12O23P3S3. The van der Waals surface area contributed by atoms with E-state index >= 15 is 0 Å². The molecule has 8 amide bonds. The number of urea groups is 2. The van der Waals surface area contributed by atoms with Crippen LogP contribution in [0.15, 0.2) is 43.0 Å². The lowest BCUT2D eigenvalue weighted by molar-refractivity contribution is -0.153. The molecule has 4 aliphatic rings. The van der Waals surface area contributed by atoms with Crippen LogP contribution in [0.4, 0.5) is 15.4 Å². The normalized spacial score (nSPS) is 24.8. The van der Waals surface area contributed by atoms with Crippen LogP contribution in [-0.4, -0.2) is 211 Å². The summed E-state index contributed by atoms with van der Waals surface area (Å²) in [7, 11) is -20.6. The minimum absolute atomic E-state index is 0.000561. The smallest absolute Gasteiger partial charge is 0.386 e. The van der Waals surface area contributed by atoms with Gasteiger partial charge in [0.05, 0.1) is 38.9 Å². The lowest BCUT2D eigenvalue weighted by atomic mass is 9.87. The van der Waals surface area contributed by atoms with Crippen molar-refractivity contribution >= 4 is 115 Å². The molecular weight excluding hydrogens is 1230 g/mol. The van der Waals surface area contributed by atoms with Crippen molar-refractivity contribution in [2.75, 3.05) is 57.1 Å². The van der Waals surface area contributed by atoms with Crippen LogP contribution in [-0.2, 0) is 70.3 Å². The Morgan fingerprint density at radius 3 is 2.30 bits per heavy atom.